The number of aromatic nitrogens is 1. The van der Waals surface area contributed by atoms with E-state index in [1.54, 1.807) is 18.3 Å². The Bertz CT molecular complexity index is 631. The lowest BCUT2D eigenvalue weighted by Crippen LogP contribution is -2.19. The van der Waals surface area contributed by atoms with Gasteiger partial charge in [0.2, 0.25) is 0 Å². The van der Waals surface area contributed by atoms with Crippen molar-refractivity contribution >= 4 is 22.6 Å². The smallest absolute Gasteiger partial charge is 0.336 e. The molecule has 5 nitrogen and oxygen atoms in total. The van der Waals surface area contributed by atoms with E-state index in [1.165, 1.54) is 0 Å². The number of hydrogen-bond acceptors (Lipinski definition) is 4. The highest BCUT2D eigenvalue weighted by Crippen LogP contribution is 2.25. The van der Waals surface area contributed by atoms with Gasteiger partial charge in [0, 0.05) is 24.7 Å². The van der Waals surface area contributed by atoms with E-state index in [9.17, 15) is 9.90 Å². The number of anilines is 1. The van der Waals surface area contributed by atoms with E-state index in [0.717, 1.165) is 24.8 Å². The maximum Gasteiger partial charge on any atom is 0.336 e. The second kappa shape index (κ2) is 5.46. The van der Waals surface area contributed by atoms with Crippen LogP contribution in [0.15, 0.2) is 30.5 Å². The van der Waals surface area contributed by atoms with Gasteiger partial charge in [0.05, 0.1) is 11.7 Å². The van der Waals surface area contributed by atoms with Gasteiger partial charge < -0.3 is 15.2 Å². The topological polar surface area (TPSA) is 71.5 Å². The van der Waals surface area contributed by atoms with Gasteiger partial charge in [0.25, 0.3) is 0 Å². The SMILES string of the molecule is O=C(O)c1cccc2ccnc(NCC3CCCO3)c12. The fraction of sp³-hybridized carbons (Fsp3) is 0.333. The molecule has 1 aliphatic rings. The van der Waals surface area contributed by atoms with Crippen LogP contribution in [-0.2, 0) is 4.74 Å². The minimum absolute atomic E-state index is 0.184. The van der Waals surface area contributed by atoms with E-state index in [0.29, 0.717) is 17.7 Å². The highest BCUT2D eigenvalue weighted by molar-refractivity contribution is 6.08. The number of nitrogens with zero attached hydrogens (tertiary/aromatic N) is 1. The molecule has 20 heavy (non-hydrogen) atoms. The number of pyridine rings is 1. The van der Waals surface area contributed by atoms with Crippen LogP contribution >= 0.6 is 0 Å². The molecule has 0 saturated carbocycles. The van der Waals surface area contributed by atoms with Gasteiger partial charge in [-0.15, -0.1) is 0 Å². The molecule has 1 aliphatic heterocycles. The van der Waals surface area contributed by atoms with Crippen LogP contribution in [0.25, 0.3) is 10.8 Å². The normalized spacial score (nSPS) is 18.3. The lowest BCUT2D eigenvalue weighted by Gasteiger charge is -2.14. The van der Waals surface area contributed by atoms with Gasteiger partial charge in [-0.3, -0.25) is 0 Å². The first-order valence-corrected chi connectivity index (χ1v) is 6.72. The highest BCUT2D eigenvalue weighted by atomic mass is 16.5. The Labute approximate surface area is 116 Å². The second-order valence-corrected chi connectivity index (χ2v) is 4.88. The van der Waals surface area contributed by atoms with Crippen molar-refractivity contribution < 1.29 is 14.6 Å². The third kappa shape index (κ3) is 2.44. The standard InChI is InChI=1S/C15H16N2O3/c18-15(19)12-5-1-3-10-6-7-16-14(13(10)12)17-9-11-4-2-8-20-11/h1,3,5-7,11H,2,4,8-9H2,(H,16,17)(H,18,19). The van der Waals surface area contributed by atoms with Crippen LogP contribution in [-0.4, -0.2) is 35.3 Å². The number of carbonyl (C=O) groups is 1. The summed E-state index contributed by atoms with van der Waals surface area (Å²) < 4.78 is 5.56. The molecule has 2 aromatic rings. The first-order valence-electron chi connectivity index (χ1n) is 6.72. The van der Waals surface area contributed by atoms with Crippen LogP contribution in [0.4, 0.5) is 5.82 Å². The Balaban J connectivity index is 1.94. The number of hydrogen-bond donors (Lipinski definition) is 2. The third-order valence-corrected chi connectivity index (χ3v) is 3.54. The number of ether oxygens (including phenoxy) is 1. The van der Waals surface area contributed by atoms with Crippen LogP contribution in [0.1, 0.15) is 23.2 Å². The molecule has 0 bridgehead atoms. The lowest BCUT2D eigenvalue weighted by atomic mass is 10.1. The number of benzene rings is 1. The predicted octanol–water partition coefficient (Wildman–Crippen LogP) is 2.52. The fourth-order valence-corrected chi connectivity index (χ4v) is 2.56. The number of carboxylic acids is 1. The maximum atomic E-state index is 11.3. The third-order valence-electron chi connectivity index (χ3n) is 3.54. The molecule has 0 amide bonds. The molecule has 2 N–H and O–H groups in total. The Morgan fingerprint density at radius 3 is 3.10 bits per heavy atom. The van der Waals surface area contributed by atoms with E-state index >= 15 is 0 Å². The Morgan fingerprint density at radius 1 is 1.45 bits per heavy atom. The van der Waals surface area contributed by atoms with Gasteiger partial charge >= 0.3 is 5.97 Å². The van der Waals surface area contributed by atoms with E-state index in [4.69, 9.17) is 4.74 Å². The molecule has 0 spiro atoms. The zero-order chi connectivity index (χ0) is 13.9. The summed E-state index contributed by atoms with van der Waals surface area (Å²) in [6.45, 7) is 1.45. The summed E-state index contributed by atoms with van der Waals surface area (Å²) in [4.78, 5) is 15.6. The predicted molar refractivity (Wildman–Crippen MR) is 76.2 cm³/mol. The number of aromatic carboxylic acids is 1. The minimum Gasteiger partial charge on any atom is -0.478 e. The zero-order valence-electron chi connectivity index (χ0n) is 11.0. The van der Waals surface area contributed by atoms with Crippen molar-refractivity contribution in [2.45, 2.75) is 18.9 Å². The molecule has 3 rings (SSSR count). The van der Waals surface area contributed by atoms with Crippen molar-refractivity contribution in [3.8, 4) is 0 Å². The quantitative estimate of drug-likeness (QED) is 0.894. The molecular formula is C15H16N2O3. The molecule has 5 heteroatoms. The highest BCUT2D eigenvalue weighted by Gasteiger charge is 2.17. The Kier molecular flexibility index (Phi) is 3.52. The summed E-state index contributed by atoms with van der Waals surface area (Å²) in [5, 5.41) is 14.1. The van der Waals surface area contributed by atoms with Crippen LogP contribution in [0.5, 0.6) is 0 Å². The maximum absolute atomic E-state index is 11.3. The van der Waals surface area contributed by atoms with Gasteiger partial charge in [-0.05, 0) is 30.4 Å². The van der Waals surface area contributed by atoms with Gasteiger partial charge in [0.1, 0.15) is 5.82 Å². The first kappa shape index (κ1) is 12.9. The molecule has 1 atom stereocenters. The van der Waals surface area contributed by atoms with E-state index in [2.05, 4.69) is 10.3 Å². The van der Waals surface area contributed by atoms with Crippen molar-refractivity contribution in [3.63, 3.8) is 0 Å². The van der Waals surface area contributed by atoms with Crippen molar-refractivity contribution in [3.05, 3.63) is 36.0 Å². The fourth-order valence-electron chi connectivity index (χ4n) is 2.56. The van der Waals surface area contributed by atoms with Crippen molar-refractivity contribution in [2.24, 2.45) is 0 Å². The molecule has 1 saturated heterocycles. The lowest BCUT2D eigenvalue weighted by molar-refractivity contribution is 0.0699. The summed E-state index contributed by atoms with van der Waals surface area (Å²) in [7, 11) is 0. The van der Waals surface area contributed by atoms with E-state index in [-0.39, 0.29) is 11.7 Å². The van der Waals surface area contributed by atoms with E-state index < -0.39 is 5.97 Å². The Morgan fingerprint density at radius 2 is 2.35 bits per heavy atom. The van der Waals surface area contributed by atoms with Crippen molar-refractivity contribution in [2.75, 3.05) is 18.5 Å². The molecule has 1 unspecified atom stereocenters. The molecule has 1 aromatic heterocycles. The molecule has 0 aliphatic carbocycles. The summed E-state index contributed by atoms with van der Waals surface area (Å²) in [6, 6.07) is 7.05. The van der Waals surface area contributed by atoms with Gasteiger partial charge in [-0.1, -0.05) is 12.1 Å². The van der Waals surface area contributed by atoms with E-state index in [1.807, 2.05) is 12.1 Å². The molecule has 0 radical (unpaired) electrons. The molecule has 1 aromatic carbocycles. The van der Waals surface area contributed by atoms with Crippen molar-refractivity contribution in [1.82, 2.24) is 4.98 Å². The summed E-state index contributed by atoms with van der Waals surface area (Å²) in [5.41, 5.74) is 0.269. The first-order chi connectivity index (χ1) is 9.75. The van der Waals surface area contributed by atoms with Crippen LogP contribution in [0.2, 0.25) is 0 Å². The summed E-state index contributed by atoms with van der Waals surface area (Å²) in [6.07, 6.45) is 3.98. The summed E-state index contributed by atoms with van der Waals surface area (Å²) >= 11 is 0. The average molecular weight is 272 g/mol. The van der Waals surface area contributed by atoms with Gasteiger partial charge in [0.15, 0.2) is 0 Å². The van der Waals surface area contributed by atoms with Gasteiger partial charge in [-0.25, -0.2) is 9.78 Å². The molecule has 1 fully saturated rings. The molecule has 104 valence electrons. The number of nitrogens with one attached hydrogen (secondary N) is 1. The molecular weight excluding hydrogens is 256 g/mol. The Hall–Kier alpha value is -2.14. The minimum atomic E-state index is -0.941. The monoisotopic (exact) mass is 272 g/mol. The number of carboxylic acid groups (broad SMARTS) is 1. The number of fused-ring (bicyclic) bond motifs is 1. The number of rotatable bonds is 4. The zero-order valence-corrected chi connectivity index (χ0v) is 11.0. The van der Waals surface area contributed by atoms with Crippen molar-refractivity contribution in [1.29, 1.82) is 0 Å². The molecule has 2 heterocycles. The van der Waals surface area contributed by atoms with Crippen LogP contribution in [0, 0.1) is 0 Å². The second-order valence-electron chi connectivity index (χ2n) is 4.88. The van der Waals surface area contributed by atoms with Crippen LogP contribution < -0.4 is 5.32 Å². The average Bonchev–Trinajstić information content (AvgIpc) is 2.97. The van der Waals surface area contributed by atoms with Gasteiger partial charge in [-0.2, -0.15) is 0 Å². The largest absolute Gasteiger partial charge is 0.478 e. The van der Waals surface area contributed by atoms with Crippen LogP contribution in [0.3, 0.4) is 0 Å². The summed E-state index contributed by atoms with van der Waals surface area (Å²) in [5.74, 6) is -0.334.